The molecule has 1 heterocycles. The number of sulfone groups is 1. The van der Waals surface area contributed by atoms with Gasteiger partial charge in [0.2, 0.25) is 11.8 Å². The van der Waals surface area contributed by atoms with Gasteiger partial charge in [0.1, 0.15) is 0 Å². The zero-order chi connectivity index (χ0) is 19.5. The Bertz CT molecular complexity index is 806. The summed E-state index contributed by atoms with van der Waals surface area (Å²) in [5, 5.41) is 2.75. The molecule has 0 bridgehead atoms. The van der Waals surface area contributed by atoms with Crippen LogP contribution < -0.4 is 10.2 Å². The minimum atomic E-state index is -3.70. The summed E-state index contributed by atoms with van der Waals surface area (Å²) in [6.07, 6.45) is 1.37. The largest absolute Gasteiger partial charge is 0.356 e. The number of anilines is 1. The zero-order valence-corrected chi connectivity index (χ0v) is 17.7. The highest BCUT2D eigenvalue weighted by atomic mass is 79.9. The molecule has 1 aromatic carbocycles. The molecule has 8 heteroatoms. The van der Waals surface area contributed by atoms with Crippen molar-refractivity contribution in [1.82, 2.24) is 5.32 Å². The van der Waals surface area contributed by atoms with Crippen molar-refractivity contribution in [2.45, 2.75) is 44.9 Å². The zero-order valence-electron chi connectivity index (χ0n) is 15.3. The summed E-state index contributed by atoms with van der Waals surface area (Å²) in [5.74, 6) is -0.270. The van der Waals surface area contributed by atoms with E-state index in [1.807, 2.05) is 6.07 Å². The van der Waals surface area contributed by atoms with Gasteiger partial charge in [-0.05, 0) is 36.5 Å². The van der Waals surface area contributed by atoms with Crippen molar-refractivity contribution in [2.75, 3.05) is 23.7 Å². The molecule has 1 aliphatic heterocycles. The van der Waals surface area contributed by atoms with Crippen LogP contribution in [0.3, 0.4) is 0 Å². The van der Waals surface area contributed by atoms with Gasteiger partial charge < -0.3 is 10.2 Å². The molecule has 0 aromatic heterocycles. The smallest absolute Gasteiger partial charge is 0.223 e. The maximum atomic E-state index is 12.9. The van der Waals surface area contributed by atoms with Crippen LogP contribution in [0.4, 0.5) is 5.69 Å². The van der Waals surface area contributed by atoms with Crippen LogP contribution in [-0.2, 0) is 25.8 Å². The molecule has 144 valence electrons. The van der Waals surface area contributed by atoms with Crippen LogP contribution >= 0.6 is 15.9 Å². The highest BCUT2D eigenvalue weighted by molar-refractivity contribution is 9.10. The van der Waals surface area contributed by atoms with Gasteiger partial charge in [-0.2, -0.15) is 0 Å². The molecular weight excluding hydrogens is 420 g/mol. The second-order valence-electron chi connectivity index (χ2n) is 6.93. The van der Waals surface area contributed by atoms with Gasteiger partial charge in [0, 0.05) is 30.9 Å². The molecular formula is C18H25BrN2O4S. The number of benzene rings is 1. The van der Waals surface area contributed by atoms with E-state index in [0.29, 0.717) is 35.6 Å². The van der Waals surface area contributed by atoms with Crippen molar-refractivity contribution in [2.24, 2.45) is 5.92 Å². The van der Waals surface area contributed by atoms with Gasteiger partial charge in [0.05, 0.1) is 16.3 Å². The number of nitrogens with zero attached hydrogens (tertiary/aromatic N) is 1. The lowest BCUT2D eigenvalue weighted by molar-refractivity contribution is -0.120. The summed E-state index contributed by atoms with van der Waals surface area (Å²) < 4.78 is 26.4. The Morgan fingerprint density at radius 3 is 2.62 bits per heavy atom. The Kier molecular flexibility index (Phi) is 6.85. The first-order valence-electron chi connectivity index (χ1n) is 8.72. The highest BCUT2D eigenvalue weighted by Crippen LogP contribution is 2.38. The van der Waals surface area contributed by atoms with Crippen molar-refractivity contribution in [3.63, 3.8) is 0 Å². The van der Waals surface area contributed by atoms with E-state index in [1.165, 1.54) is 17.9 Å². The third-order valence-electron chi connectivity index (χ3n) is 4.35. The Balaban J connectivity index is 2.17. The normalized spacial score (nSPS) is 13.8. The van der Waals surface area contributed by atoms with Crippen LogP contribution in [0, 0.1) is 5.92 Å². The number of amides is 2. The Hall–Kier alpha value is -1.41. The van der Waals surface area contributed by atoms with Crippen molar-refractivity contribution in [3.8, 4) is 0 Å². The Labute approximate surface area is 163 Å². The second kappa shape index (κ2) is 8.52. The molecule has 0 saturated heterocycles. The lowest BCUT2D eigenvalue weighted by Gasteiger charge is -2.19. The van der Waals surface area contributed by atoms with Gasteiger partial charge in [-0.3, -0.25) is 9.59 Å². The van der Waals surface area contributed by atoms with Gasteiger partial charge in [0.15, 0.2) is 9.84 Å². The molecule has 2 amide bonds. The quantitative estimate of drug-likeness (QED) is 0.700. The van der Waals surface area contributed by atoms with Crippen LogP contribution in [-0.4, -0.2) is 39.1 Å². The van der Waals surface area contributed by atoms with Crippen molar-refractivity contribution >= 4 is 43.3 Å². The second-order valence-corrected chi connectivity index (χ2v) is 9.93. The molecule has 26 heavy (non-hydrogen) atoms. The fraction of sp³-hybridized carbons (Fsp3) is 0.556. The Morgan fingerprint density at radius 1 is 1.31 bits per heavy atom. The average Bonchev–Trinajstić information content (AvgIpc) is 2.95. The molecule has 2 rings (SSSR count). The van der Waals surface area contributed by atoms with E-state index in [1.54, 1.807) is 0 Å². The SMILES string of the molecule is CC(=O)N1CCc2cc(Br)cc(S(=O)(=O)CCC(=O)NCCC(C)C)c21. The summed E-state index contributed by atoms with van der Waals surface area (Å²) in [4.78, 5) is 25.4. The number of hydrogen-bond acceptors (Lipinski definition) is 4. The number of halogens is 1. The van der Waals surface area contributed by atoms with E-state index >= 15 is 0 Å². The highest BCUT2D eigenvalue weighted by Gasteiger charge is 2.31. The number of fused-ring (bicyclic) bond motifs is 1. The standard InChI is InChI=1S/C18H25BrN2O4S/c1-12(2)4-7-20-17(23)6-9-26(24,25)16-11-15(19)10-14-5-8-21(13(3)22)18(14)16/h10-12H,4-9H2,1-3H3,(H,20,23). The lowest BCUT2D eigenvalue weighted by atomic mass is 10.1. The molecule has 0 unspecified atom stereocenters. The van der Waals surface area contributed by atoms with Crippen molar-refractivity contribution in [3.05, 3.63) is 22.2 Å². The van der Waals surface area contributed by atoms with Gasteiger partial charge in [0.25, 0.3) is 0 Å². The molecule has 0 atom stereocenters. The van der Waals surface area contributed by atoms with Gasteiger partial charge >= 0.3 is 0 Å². The molecule has 0 aliphatic carbocycles. The average molecular weight is 445 g/mol. The molecule has 0 saturated carbocycles. The minimum Gasteiger partial charge on any atom is -0.356 e. The number of carbonyl (C=O) groups is 2. The molecule has 1 aromatic rings. The van der Waals surface area contributed by atoms with E-state index in [9.17, 15) is 18.0 Å². The first kappa shape index (κ1) is 20.9. The molecule has 0 fully saturated rings. The predicted molar refractivity (Wildman–Crippen MR) is 105 cm³/mol. The molecule has 6 nitrogen and oxygen atoms in total. The summed E-state index contributed by atoms with van der Waals surface area (Å²) in [7, 11) is -3.70. The van der Waals surface area contributed by atoms with E-state index in [-0.39, 0.29) is 28.9 Å². The van der Waals surface area contributed by atoms with Crippen molar-refractivity contribution in [1.29, 1.82) is 0 Å². The number of nitrogens with one attached hydrogen (secondary N) is 1. The minimum absolute atomic E-state index is 0.0954. The van der Waals surface area contributed by atoms with Gasteiger partial charge in [-0.15, -0.1) is 0 Å². The first-order valence-corrected chi connectivity index (χ1v) is 11.2. The fourth-order valence-electron chi connectivity index (χ4n) is 2.95. The van der Waals surface area contributed by atoms with E-state index in [0.717, 1.165) is 12.0 Å². The van der Waals surface area contributed by atoms with Crippen LogP contribution in [0.5, 0.6) is 0 Å². The summed E-state index contributed by atoms with van der Waals surface area (Å²) in [6, 6.07) is 3.36. The monoisotopic (exact) mass is 444 g/mol. The number of rotatable bonds is 7. The topological polar surface area (TPSA) is 83.6 Å². The van der Waals surface area contributed by atoms with Crippen LogP contribution in [0.25, 0.3) is 0 Å². The summed E-state index contributed by atoms with van der Waals surface area (Å²) in [6.45, 7) is 6.56. The summed E-state index contributed by atoms with van der Waals surface area (Å²) >= 11 is 3.35. The molecule has 0 spiro atoms. The lowest BCUT2D eigenvalue weighted by Crippen LogP contribution is -2.29. The third-order valence-corrected chi connectivity index (χ3v) is 6.53. The molecule has 1 N–H and O–H groups in total. The summed E-state index contributed by atoms with van der Waals surface area (Å²) in [5.41, 5.74) is 1.29. The third kappa shape index (κ3) is 5.07. The van der Waals surface area contributed by atoms with Gasteiger partial charge in [-0.25, -0.2) is 8.42 Å². The first-order chi connectivity index (χ1) is 12.1. The van der Waals surface area contributed by atoms with E-state index < -0.39 is 9.84 Å². The maximum absolute atomic E-state index is 12.9. The van der Waals surface area contributed by atoms with Crippen LogP contribution in [0.1, 0.15) is 39.2 Å². The van der Waals surface area contributed by atoms with Crippen LogP contribution in [0.15, 0.2) is 21.5 Å². The van der Waals surface area contributed by atoms with E-state index in [4.69, 9.17) is 0 Å². The maximum Gasteiger partial charge on any atom is 0.223 e. The number of hydrogen-bond donors (Lipinski definition) is 1. The molecule has 0 radical (unpaired) electrons. The van der Waals surface area contributed by atoms with Gasteiger partial charge in [-0.1, -0.05) is 29.8 Å². The Morgan fingerprint density at radius 2 is 2.00 bits per heavy atom. The molecule has 1 aliphatic rings. The van der Waals surface area contributed by atoms with Crippen LogP contribution in [0.2, 0.25) is 0 Å². The van der Waals surface area contributed by atoms with E-state index in [2.05, 4.69) is 35.1 Å². The number of carbonyl (C=O) groups excluding carboxylic acids is 2. The predicted octanol–water partition coefficient (Wildman–Crippen LogP) is 2.68. The van der Waals surface area contributed by atoms with Crippen molar-refractivity contribution < 1.29 is 18.0 Å². The fourth-order valence-corrected chi connectivity index (χ4v) is 5.12.